The van der Waals surface area contributed by atoms with Crippen molar-refractivity contribution in [1.82, 2.24) is 4.98 Å². The molecule has 1 heterocycles. The smallest absolute Gasteiger partial charge is 0.234 e. The van der Waals surface area contributed by atoms with Crippen molar-refractivity contribution in [2.75, 3.05) is 11.1 Å². The summed E-state index contributed by atoms with van der Waals surface area (Å²) in [5.74, 6) is 0.0387. The summed E-state index contributed by atoms with van der Waals surface area (Å²) in [6.45, 7) is 6.11. The standard InChI is InChI=1S/C30H27N3OS/c1-4-22-12-8-9-21(3)29(22)33-28(34)19-35-30-26(18-31)25(23-10-6-5-7-11-23)17-27(32-30)24-15-13-20(2)14-16-24/h5-17H,4,19H2,1-3H3,(H,33,34). The van der Waals surface area contributed by atoms with E-state index in [-0.39, 0.29) is 11.7 Å². The second kappa shape index (κ2) is 11.0. The molecule has 0 aliphatic rings. The van der Waals surface area contributed by atoms with Gasteiger partial charge in [-0.3, -0.25) is 4.79 Å². The molecule has 1 N–H and O–H groups in total. The first-order valence-corrected chi connectivity index (χ1v) is 12.6. The van der Waals surface area contributed by atoms with Gasteiger partial charge in [-0.25, -0.2) is 4.98 Å². The maximum Gasteiger partial charge on any atom is 0.234 e. The van der Waals surface area contributed by atoms with E-state index >= 15 is 0 Å². The number of aromatic nitrogens is 1. The first-order chi connectivity index (χ1) is 17.0. The molecule has 1 amide bonds. The van der Waals surface area contributed by atoms with Crippen LogP contribution in [-0.4, -0.2) is 16.6 Å². The zero-order chi connectivity index (χ0) is 24.8. The molecule has 35 heavy (non-hydrogen) atoms. The Labute approximate surface area is 211 Å². The summed E-state index contributed by atoms with van der Waals surface area (Å²) in [7, 11) is 0. The molecule has 0 saturated carbocycles. The van der Waals surface area contributed by atoms with E-state index in [1.807, 2.05) is 92.7 Å². The van der Waals surface area contributed by atoms with Crippen molar-refractivity contribution in [3.05, 3.63) is 101 Å². The molecule has 1 aromatic heterocycles. The first kappa shape index (κ1) is 24.3. The number of nitrogens with zero attached hydrogens (tertiary/aromatic N) is 2. The first-order valence-electron chi connectivity index (χ1n) is 11.6. The maximum absolute atomic E-state index is 12.9. The van der Waals surface area contributed by atoms with Gasteiger partial charge in [-0.2, -0.15) is 5.26 Å². The highest BCUT2D eigenvalue weighted by Crippen LogP contribution is 2.34. The molecule has 0 aliphatic carbocycles. The van der Waals surface area contributed by atoms with Gasteiger partial charge in [-0.1, -0.05) is 97.0 Å². The van der Waals surface area contributed by atoms with E-state index in [0.717, 1.165) is 45.6 Å². The molecule has 5 heteroatoms. The largest absolute Gasteiger partial charge is 0.325 e. The second-order valence-corrected chi connectivity index (χ2v) is 9.34. The van der Waals surface area contributed by atoms with Gasteiger partial charge in [0.05, 0.1) is 17.0 Å². The van der Waals surface area contributed by atoms with Crippen LogP contribution in [0.5, 0.6) is 0 Å². The second-order valence-electron chi connectivity index (χ2n) is 8.38. The number of rotatable bonds is 7. The highest BCUT2D eigenvalue weighted by molar-refractivity contribution is 8.00. The van der Waals surface area contributed by atoms with Gasteiger partial charge >= 0.3 is 0 Å². The summed E-state index contributed by atoms with van der Waals surface area (Å²) in [4.78, 5) is 17.7. The lowest BCUT2D eigenvalue weighted by Crippen LogP contribution is -2.16. The van der Waals surface area contributed by atoms with Gasteiger partial charge in [-0.05, 0) is 43.0 Å². The molecule has 3 aromatic carbocycles. The fourth-order valence-corrected chi connectivity index (χ4v) is 4.77. The summed E-state index contributed by atoms with van der Waals surface area (Å²) in [6.07, 6.45) is 0.837. The number of benzene rings is 3. The van der Waals surface area contributed by atoms with Crippen LogP contribution in [0.25, 0.3) is 22.4 Å². The number of hydrogen-bond donors (Lipinski definition) is 1. The Kier molecular flexibility index (Phi) is 7.64. The van der Waals surface area contributed by atoms with Crippen molar-refractivity contribution in [2.45, 2.75) is 32.2 Å². The number of carbonyl (C=O) groups is 1. The fraction of sp³-hybridized carbons (Fsp3) is 0.167. The number of carbonyl (C=O) groups excluding carboxylic acids is 1. The zero-order valence-corrected chi connectivity index (χ0v) is 20.9. The zero-order valence-electron chi connectivity index (χ0n) is 20.1. The minimum atomic E-state index is -0.119. The minimum absolute atomic E-state index is 0.119. The van der Waals surface area contributed by atoms with Crippen molar-refractivity contribution in [1.29, 1.82) is 5.26 Å². The third kappa shape index (κ3) is 5.62. The molecule has 0 saturated heterocycles. The average Bonchev–Trinajstić information content (AvgIpc) is 2.89. The van der Waals surface area contributed by atoms with E-state index in [2.05, 4.69) is 18.3 Å². The lowest BCUT2D eigenvalue weighted by molar-refractivity contribution is -0.113. The monoisotopic (exact) mass is 477 g/mol. The Morgan fingerprint density at radius 3 is 2.40 bits per heavy atom. The van der Waals surface area contributed by atoms with Gasteiger partial charge in [0.2, 0.25) is 5.91 Å². The van der Waals surface area contributed by atoms with E-state index in [4.69, 9.17) is 4.98 Å². The lowest BCUT2D eigenvalue weighted by Gasteiger charge is -2.14. The van der Waals surface area contributed by atoms with Gasteiger partial charge in [-0.15, -0.1) is 0 Å². The molecule has 0 bridgehead atoms. The topological polar surface area (TPSA) is 65.8 Å². The molecular formula is C30H27N3OS. The number of para-hydroxylation sites is 1. The van der Waals surface area contributed by atoms with E-state index in [9.17, 15) is 10.1 Å². The van der Waals surface area contributed by atoms with E-state index in [1.165, 1.54) is 17.3 Å². The van der Waals surface area contributed by atoms with Crippen LogP contribution in [0.1, 0.15) is 29.2 Å². The predicted octanol–water partition coefficient (Wildman–Crippen LogP) is 7.20. The van der Waals surface area contributed by atoms with Crippen LogP contribution in [-0.2, 0) is 11.2 Å². The number of thioether (sulfide) groups is 1. The van der Waals surface area contributed by atoms with Gasteiger partial charge in [0.15, 0.2) is 0 Å². The van der Waals surface area contributed by atoms with Crippen LogP contribution in [0.3, 0.4) is 0 Å². The normalized spacial score (nSPS) is 10.6. The number of pyridine rings is 1. The third-order valence-corrected chi connectivity index (χ3v) is 6.85. The van der Waals surface area contributed by atoms with Gasteiger partial charge in [0.25, 0.3) is 0 Å². The molecule has 4 nitrogen and oxygen atoms in total. The molecular weight excluding hydrogens is 450 g/mol. The molecule has 0 unspecified atom stereocenters. The molecule has 0 aliphatic heterocycles. The molecule has 0 atom stereocenters. The van der Waals surface area contributed by atoms with Gasteiger partial charge in [0.1, 0.15) is 11.1 Å². The summed E-state index contributed by atoms with van der Waals surface area (Å²) in [6, 6.07) is 28.3. The Bertz CT molecular complexity index is 1390. The molecule has 4 rings (SSSR count). The molecule has 4 aromatic rings. The predicted molar refractivity (Wildman–Crippen MR) is 144 cm³/mol. The van der Waals surface area contributed by atoms with Crippen LogP contribution in [0, 0.1) is 25.2 Å². The Hall–Kier alpha value is -3.88. The number of anilines is 1. The number of amides is 1. The van der Waals surface area contributed by atoms with Crippen LogP contribution in [0.2, 0.25) is 0 Å². The summed E-state index contributed by atoms with van der Waals surface area (Å²) in [5, 5.41) is 13.7. The Morgan fingerprint density at radius 2 is 1.71 bits per heavy atom. The van der Waals surface area contributed by atoms with Crippen LogP contribution in [0.4, 0.5) is 5.69 Å². The van der Waals surface area contributed by atoms with Crippen LogP contribution in [0.15, 0.2) is 83.9 Å². The lowest BCUT2D eigenvalue weighted by atomic mass is 9.99. The Balaban J connectivity index is 1.68. The SMILES string of the molecule is CCc1cccc(C)c1NC(=O)CSc1nc(-c2ccc(C)cc2)cc(-c2ccccc2)c1C#N. The minimum Gasteiger partial charge on any atom is -0.325 e. The van der Waals surface area contributed by atoms with Gasteiger partial charge < -0.3 is 5.32 Å². The van der Waals surface area contributed by atoms with Gasteiger partial charge in [0, 0.05) is 16.8 Å². The van der Waals surface area contributed by atoms with Crippen molar-refractivity contribution < 1.29 is 4.79 Å². The molecule has 174 valence electrons. The van der Waals surface area contributed by atoms with Crippen molar-refractivity contribution in [3.8, 4) is 28.5 Å². The third-order valence-electron chi connectivity index (χ3n) is 5.87. The van der Waals surface area contributed by atoms with E-state index in [1.54, 1.807) is 0 Å². The summed E-state index contributed by atoms with van der Waals surface area (Å²) < 4.78 is 0. The summed E-state index contributed by atoms with van der Waals surface area (Å²) >= 11 is 1.29. The molecule has 0 spiro atoms. The number of nitriles is 1. The number of nitrogens with one attached hydrogen (secondary N) is 1. The Morgan fingerprint density at radius 1 is 0.971 bits per heavy atom. The van der Waals surface area contributed by atoms with Crippen molar-refractivity contribution in [2.24, 2.45) is 0 Å². The highest BCUT2D eigenvalue weighted by Gasteiger charge is 2.17. The average molecular weight is 478 g/mol. The van der Waals surface area contributed by atoms with Crippen molar-refractivity contribution in [3.63, 3.8) is 0 Å². The fourth-order valence-electron chi connectivity index (χ4n) is 3.96. The highest BCUT2D eigenvalue weighted by atomic mass is 32.2. The van der Waals surface area contributed by atoms with Crippen molar-refractivity contribution >= 4 is 23.4 Å². The quantitative estimate of drug-likeness (QED) is 0.286. The molecule has 0 fully saturated rings. The molecule has 0 radical (unpaired) electrons. The maximum atomic E-state index is 12.9. The number of aryl methyl sites for hydroxylation is 3. The van der Waals surface area contributed by atoms with Crippen LogP contribution >= 0.6 is 11.8 Å². The van der Waals surface area contributed by atoms with E-state index in [0.29, 0.717) is 10.6 Å². The van der Waals surface area contributed by atoms with Crippen LogP contribution < -0.4 is 5.32 Å². The summed E-state index contributed by atoms with van der Waals surface area (Å²) in [5.41, 5.74) is 8.15. The van der Waals surface area contributed by atoms with E-state index < -0.39 is 0 Å². The number of hydrogen-bond acceptors (Lipinski definition) is 4.